The van der Waals surface area contributed by atoms with Crippen molar-refractivity contribution in [3.8, 4) is 0 Å². The molecular weight excluding hydrogens is 412 g/mol. The van der Waals surface area contributed by atoms with E-state index in [1.54, 1.807) is 11.8 Å². The average molecular weight is 451 g/mol. The molecule has 0 aliphatic heterocycles. The van der Waals surface area contributed by atoms with Crippen LogP contribution >= 0.6 is 24.0 Å². The van der Waals surface area contributed by atoms with E-state index in [2.05, 4.69) is 32.9 Å². The van der Waals surface area contributed by atoms with Gasteiger partial charge in [0.1, 0.15) is 6.10 Å². The molecular formula is C25H38O3S2. The van der Waals surface area contributed by atoms with Crippen LogP contribution < -0.4 is 0 Å². The molecule has 0 unspecified atom stereocenters. The zero-order valence-electron chi connectivity index (χ0n) is 18.9. The van der Waals surface area contributed by atoms with Crippen molar-refractivity contribution in [3.63, 3.8) is 0 Å². The van der Waals surface area contributed by atoms with Crippen LogP contribution in [0.5, 0.6) is 0 Å². The molecule has 4 aliphatic rings. The van der Waals surface area contributed by atoms with E-state index < -0.39 is 11.9 Å². The molecule has 4 aliphatic carbocycles. The van der Waals surface area contributed by atoms with Crippen LogP contribution in [0.2, 0.25) is 0 Å². The van der Waals surface area contributed by atoms with E-state index in [4.69, 9.17) is 17.0 Å². The SMILES string of the molecule is CCSC(=S)O[C@H]1C[C@H]2[C@@H]3CC[C@H]4CC=CC[C@]4(C)[C@H]3CC[C@]2(C)[C@H]1[C@H](C)C(=O)O. The van der Waals surface area contributed by atoms with E-state index in [-0.39, 0.29) is 17.4 Å². The van der Waals surface area contributed by atoms with Crippen LogP contribution in [0.1, 0.15) is 72.6 Å². The van der Waals surface area contributed by atoms with E-state index in [1.165, 1.54) is 32.1 Å². The second-order valence-corrected chi connectivity index (χ2v) is 12.7. The van der Waals surface area contributed by atoms with Gasteiger partial charge in [-0.2, -0.15) is 0 Å². The Labute approximate surface area is 191 Å². The first-order chi connectivity index (χ1) is 14.2. The molecule has 3 fully saturated rings. The number of hydrogen-bond donors (Lipinski definition) is 1. The predicted molar refractivity (Wildman–Crippen MR) is 128 cm³/mol. The molecule has 0 heterocycles. The summed E-state index contributed by atoms with van der Waals surface area (Å²) in [6, 6.07) is 0. The Kier molecular flexibility index (Phi) is 6.36. The number of ether oxygens (including phenoxy) is 1. The fraction of sp³-hybridized carbons (Fsp3) is 0.840. The standard InChI is InChI=1S/C25H38O3S2/c1-5-30-23(29)28-20-14-19-17-10-9-16-8-6-7-12-24(16,3)18(17)11-13-25(19,4)21(20)15(2)22(26)27/h6-7,15-21H,5,8-14H2,1-4H3,(H,26,27)/t15-,16+,17+,18-,19-,20-,21-,24-,25-/m0/s1. The van der Waals surface area contributed by atoms with Gasteiger partial charge in [-0.05, 0) is 97.4 Å². The van der Waals surface area contributed by atoms with Gasteiger partial charge in [0.25, 0.3) is 0 Å². The lowest BCUT2D eigenvalue weighted by Crippen LogP contribution is -2.53. The number of thiocarbonyl (C=S) groups is 1. The number of allylic oxidation sites excluding steroid dienone is 2. The van der Waals surface area contributed by atoms with E-state index >= 15 is 0 Å². The van der Waals surface area contributed by atoms with Crippen molar-refractivity contribution in [3.05, 3.63) is 12.2 Å². The van der Waals surface area contributed by atoms with Crippen molar-refractivity contribution in [1.29, 1.82) is 0 Å². The van der Waals surface area contributed by atoms with Crippen molar-refractivity contribution >= 4 is 34.3 Å². The molecule has 3 nitrogen and oxygen atoms in total. The number of carboxylic acid groups (broad SMARTS) is 1. The van der Waals surface area contributed by atoms with Gasteiger partial charge < -0.3 is 9.84 Å². The predicted octanol–water partition coefficient (Wildman–Crippen LogP) is 6.57. The van der Waals surface area contributed by atoms with Gasteiger partial charge in [0.05, 0.1) is 5.92 Å². The first-order valence-corrected chi connectivity index (χ1v) is 13.3. The van der Waals surface area contributed by atoms with Crippen LogP contribution in [-0.2, 0) is 9.53 Å². The minimum Gasteiger partial charge on any atom is -0.481 e. The van der Waals surface area contributed by atoms with E-state index in [1.807, 2.05) is 6.92 Å². The maximum atomic E-state index is 12.1. The van der Waals surface area contributed by atoms with Gasteiger partial charge in [-0.1, -0.05) is 51.6 Å². The topological polar surface area (TPSA) is 46.5 Å². The monoisotopic (exact) mass is 450 g/mol. The third kappa shape index (κ3) is 3.56. The molecule has 0 saturated heterocycles. The molecule has 5 heteroatoms. The zero-order valence-corrected chi connectivity index (χ0v) is 20.6. The highest BCUT2D eigenvalue weighted by Crippen LogP contribution is 2.68. The van der Waals surface area contributed by atoms with E-state index in [0.717, 1.165) is 30.4 Å². The number of fused-ring (bicyclic) bond motifs is 5. The lowest BCUT2D eigenvalue weighted by molar-refractivity contribution is -0.149. The van der Waals surface area contributed by atoms with Crippen LogP contribution in [0, 0.1) is 46.3 Å². The summed E-state index contributed by atoms with van der Waals surface area (Å²) in [4.78, 5) is 12.1. The molecule has 4 rings (SSSR count). The fourth-order valence-electron chi connectivity index (χ4n) is 8.31. The maximum Gasteiger partial charge on any atom is 0.306 e. The van der Waals surface area contributed by atoms with Gasteiger partial charge in [-0.15, -0.1) is 0 Å². The highest BCUT2D eigenvalue weighted by atomic mass is 32.2. The van der Waals surface area contributed by atoms with Crippen LogP contribution in [0.15, 0.2) is 12.2 Å². The summed E-state index contributed by atoms with van der Waals surface area (Å²) >= 11 is 7.06. The second kappa shape index (κ2) is 8.42. The van der Waals surface area contributed by atoms with Crippen molar-refractivity contribution < 1.29 is 14.6 Å². The first-order valence-electron chi connectivity index (χ1n) is 11.9. The number of rotatable bonds is 4. The number of aliphatic carboxylic acids is 1. The Bertz CT molecular complexity index is 721. The van der Waals surface area contributed by atoms with Gasteiger partial charge >= 0.3 is 5.97 Å². The van der Waals surface area contributed by atoms with Gasteiger partial charge in [-0.3, -0.25) is 4.79 Å². The molecule has 0 spiro atoms. The summed E-state index contributed by atoms with van der Waals surface area (Å²) in [6.45, 7) is 8.90. The van der Waals surface area contributed by atoms with E-state index in [0.29, 0.717) is 21.6 Å². The van der Waals surface area contributed by atoms with Crippen molar-refractivity contribution in [2.45, 2.75) is 78.7 Å². The number of thioether (sulfide) groups is 1. The van der Waals surface area contributed by atoms with Crippen molar-refractivity contribution in [1.82, 2.24) is 0 Å². The maximum absolute atomic E-state index is 12.1. The highest BCUT2D eigenvalue weighted by molar-refractivity contribution is 8.22. The Balaban J connectivity index is 1.64. The third-order valence-corrected chi connectivity index (χ3v) is 10.8. The van der Waals surface area contributed by atoms with Crippen LogP contribution in [0.3, 0.4) is 0 Å². The van der Waals surface area contributed by atoms with Gasteiger partial charge in [0.15, 0.2) is 0 Å². The lowest BCUT2D eigenvalue weighted by Gasteiger charge is -2.59. The van der Waals surface area contributed by atoms with Crippen LogP contribution in [-0.4, -0.2) is 27.3 Å². The van der Waals surface area contributed by atoms with E-state index in [9.17, 15) is 9.90 Å². The summed E-state index contributed by atoms with van der Waals surface area (Å²) in [5.41, 5.74) is 0.447. The summed E-state index contributed by atoms with van der Waals surface area (Å²) < 4.78 is 6.92. The fourth-order valence-corrected chi connectivity index (χ4v) is 9.21. The summed E-state index contributed by atoms with van der Waals surface area (Å²) in [6.07, 6.45) is 13.2. The molecule has 3 saturated carbocycles. The van der Waals surface area contributed by atoms with Crippen molar-refractivity contribution in [2.24, 2.45) is 46.3 Å². The molecule has 0 bridgehead atoms. The minimum absolute atomic E-state index is 0.0316. The summed E-state index contributed by atoms with van der Waals surface area (Å²) in [5.74, 6) is 2.66. The quantitative estimate of drug-likeness (QED) is 0.388. The van der Waals surface area contributed by atoms with Crippen LogP contribution in [0.25, 0.3) is 0 Å². The minimum atomic E-state index is -0.695. The molecule has 0 aromatic carbocycles. The smallest absolute Gasteiger partial charge is 0.306 e. The molecule has 0 aromatic heterocycles. The normalized spacial score (nSPS) is 45.7. The zero-order chi connectivity index (χ0) is 21.7. The summed E-state index contributed by atoms with van der Waals surface area (Å²) in [7, 11) is 0. The lowest BCUT2D eigenvalue weighted by atomic mass is 9.45. The first kappa shape index (κ1) is 22.6. The highest BCUT2D eigenvalue weighted by Gasteiger charge is 2.63. The molecule has 0 amide bonds. The molecule has 1 N–H and O–H groups in total. The average Bonchev–Trinajstić information content (AvgIpc) is 2.98. The molecule has 0 aromatic rings. The van der Waals surface area contributed by atoms with Gasteiger partial charge in [0, 0.05) is 5.92 Å². The second-order valence-electron chi connectivity index (χ2n) is 10.8. The molecule has 0 radical (unpaired) electrons. The van der Waals surface area contributed by atoms with Crippen molar-refractivity contribution in [2.75, 3.05) is 5.75 Å². The number of carbonyl (C=O) groups is 1. The Hall–Kier alpha value is -0.550. The Morgan fingerprint density at radius 1 is 1.23 bits per heavy atom. The molecule has 168 valence electrons. The molecule has 9 atom stereocenters. The largest absolute Gasteiger partial charge is 0.481 e. The number of carboxylic acids is 1. The van der Waals surface area contributed by atoms with Gasteiger partial charge in [-0.25, -0.2) is 0 Å². The summed E-state index contributed by atoms with van der Waals surface area (Å²) in [5, 5.41) is 9.93. The third-order valence-electron chi connectivity index (χ3n) is 9.73. The van der Waals surface area contributed by atoms with Crippen LogP contribution in [0.4, 0.5) is 0 Å². The Morgan fingerprint density at radius 3 is 2.70 bits per heavy atom. The molecule has 30 heavy (non-hydrogen) atoms. The Morgan fingerprint density at radius 2 is 2.00 bits per heavy atom. The number of hydrogen-bond acceptors (Lipinski definition) is 4. The van der Waals surface area contributed by atoms with Gasteiger partial charge in [0.2, 0.25) is 4.38 Å².